The molecule has 1 N–H and O–H groups in total. The highest BCUT2D eigenvalue weighted by Crippen LogP contribution is 2.45. The van der Waals surface area contributed by atoms with Crippen LogP contribution in [0.15, 0.2) is 30.3 Å². The predicted octanol–water partition coefficient (Wildman–Crippen LogP) is 3.55. The van der Waals surface area contributed by atoms with Crippen molar-refractivity contribution in [2.24, 2.45) is 5.41 Å². The normalized spacial score (nSPS) is 21.6. The van der Waals surface area contributed by atoms with E-state index in [9.17, 15) is 14.4 Å². The molecule has 26 heavy (non-hydrogen) atoms. The van der Waals surface area contributed by atoms with Gasteiger partial charge in [-0.2, -0.15) is 0 Å². The molecule has 1 amide bonds. The Hall–Kier alpha value is -2.37. The van der Waals surface area contributed by atoms with Crippen LogP contribution in [-0.4, -0.2) is 30.6 Å². The molecule has 0 heterocycles. The van der Waals surface area contributed by atoms with Crippen molar-refractivity contribution in [1.82, 2.24) is 5.32 Å². The molecule has 0 saturated heterocycles. The Kier molecular flexibility index (Phi) is 6.05. The first-order valence-electron chi connectivity index (χ1n) is 8.87. The van der Waals surface area contributed by atoms with E-state index in [0.717, 1.165) is 6.42 Å². The SMILES string of the molecule is COC(=O)[C@@]1([C@@H](NC(=O)OC(C)(C)C)c2ccccc2)CCCCC1=O. The molecule has 1 saturated carbocycles. The summed E-state index contributed by atoms with van der Waals surface area (Å²) in [6.45, 7) is 5.27. The number of Topliss-reactive ketones (excluding diaryl/α,β-unsaturated/α-hetero) is 1. The highest BCUT2D eigenvalue weighted by molar-refractivity contribution is 6.05. The highest BCUT2D eigenvalue weighted by Gasteiger charge is 2.55. The van der Waals surface area contributed by atoms with E-state index in [1.807, 2.05) is 6.07 Å². The number of ketones is 1. The zero-order valence-electron chi connectivity index (χ0n) is 15.8. The van der Waals surface area contributed by atoms with E-state index in [1.54, 1.807) is 45.0 Å². The number of benzene rings is 1. The number of methoxy groups -OCH3 is 1. The van der Waals surface area contributed by atoms with Crippen LogP contribution in [0, 0.1) is 5.41 Å². The van der Waals surface area contributed by atoms with Crippen molar-refractivity contribution in [3.63, 3.8) is 0 Å². The Balaban J connectivity index is 2.48. The largest absolute Gasteiger partial charge is 0.468 e. The lowest BCUT2D eigenvalue weighted by molar-refractivity contribution is -0.162. The molecule has 0 spiro atoms. The number of nitrogens with one attached hydrogen (secondary N) is 1. The molecular weight excluding hydrogens is 334 g/mol. The van der Waals surface area contributed by atoms with Gasteiger partial charge in [-0.25, -0.2) is 4.79 Å². The first kappa shape index (κ1) is 19.9. The summed E-state index contributed by atoms with van der Waals surface area (Å²) in [5.41, 5.74) is -1.47. The third kappa shape index (κ3) is 4.23. The predicted molar refractivity (Wildman–Crippen MR) is 96.5 cm³/mol. The van der Waals surface area contributed by atoms with Gasteiger partial charge in [-0.1, -0.05) is 36.8 Å². The van der Waals surface area contributed by atoms with E-state index in [0.29, 0.717) is 18.4 Å². The summed E-state index contributed by atoms with van der Waals surface area (Å²) < 4.78 is 10.4. The van der Waals surface area contributed by atoms with E-state index in [1.165, 1.54) is 7.11 Å². The summed E-state index contributed by atoms with van der Waals surface area (Å²) in [6, 6.07) is 8.17. The molecule has 1 aliphatic carbocycles. The van der Waals surface area contributed by atoms with Crippen molar-refractivity contribution in [3.05, 3.63) is 35.9 Å². The van der Waals surface area contributed by atoms with Crippen LogP contribution in [-0.2, 0) is 19.1 Å². The van der Waals surface area contributed by atoms with E-state index in [4.69, 9.17) is 9.47 Å². The number of esters is 1. The van der Waals surface area contributed by atoms with Crippen molar-refractivity contribution in [1.29, 1.82) is 0 Å². The summed E-state index contributed by atoms with van der Waals surface area (Å²) in [5.74, 6) is -0.826. The molecule has 1 aliphatic rings. The van der Waals surface area contributed by atoms with Crippen molar-refractivity contribution < 1.29 is 23.9 Å². The maximum absolute atomic E-state index is 12.9. The summed E-state index contributed by atoms with van der Waals surface area (Å²) in [7, 11) is 1.27. The van der Waals surface area contributed by atoms with E-state index >= 15 is 0 Å². The smallest absolute Gasteiger partial charge is 0.408 e. The standard InChI is InChI=1S/C20H27NO5/c1-19(2,3)26-18(24)21-16(14-10-6-5-7-11-14)20(17(23)25-4)13-9-8-12-15(20)22/h5-7,10-11,16H,8-9,12-13H2,1-4H3,(H,21,24)/t16-,20-/m0/s1. The number of hydrogen-bond acceptors (Lipinski definition) is 5. The fraction of sp³-hybridized carbons (Fsp3) is 0.550. The van der Waals surface area contributed by atoms with Crippen molar-refractivity contribution in [3.8, 4) is 0 Å². The first-order valence-corrected chi connectivity index (χ1v) is 8.87. The third-order valence-electron chi connectivity index (χ3n) is 4.56. The highest BCUT2D eigenvalue weighted by atomic mass is 16.6. The number of rotatable bonds is 4. The number of carbonyl (C=O) groups excluding carboxylic acids is 3. The van der Waals surface area contributed by atoms with Crippen molar-refractivity contribution >= 4 is 17.8 Å². The van der Waals surface area contributed by atoms with Gasteiger partial charge >= 0.3 is 12.1 Å². The Morgan fingerprint density at radius 3 is 2.35 bits per heavy atom. The lowest BCUT2D eigenvalue weighted by atomic mass is 9.66. The number of alkyl carbamates (subject to hydrolysis) is 1. The molecule has 1 fully saturated rings. The van der Waals surface area contributed by atoms with Gasteiger partial charge in [0.25, 0.3) is 0 Å². The van der Waals surface area contributed by atoms with Gasteiger partial charge in [-0.3, -0.25) is 9.59 Å². The van der Waals surface area contributed by atoms with Gasteiger partial charge in [-0.05, 0) is 39.2 Å². The van der Waals surface area contributed by atoms with Gasteiger partial charge in [0.1, 0.15) is 5.60 Å². The Morgan fingerprint density at radius 1 is 1.15 bits per heavy atom. The molecule has 2 rings (SSSR count). The van der Waals surface area contributed by atoms with E-state index in [-0.39, 0.29) is 12.2 Å². The van der Waals surface area contributed by atoms with Gasteiger partial charge in [0, 0.05) is 6.42 Å². The second kappa shape index (κ2) is 7.89. The maximum Gasteiger partial charge on any atom is 0.408 e. The number of amides is 1. The zero-order valence-corrected chi connectivity index (χ0v) is 15.8. The molecule has 0 radical (unpaired) electrons. The molecule has 0 aromatic heterocycles. The quantitative estimate of drug-likeness (QED) is 0.655. The Bertz CT molecular complexity index is 655. The van der Waals surface area contributed by atoms with Crippen LogP contribution in [0.5, 0.6) is 0 Å². The van der Waals surface area contributed by atoms with Crippen LogP contribution in [0.25, 0.3) is 0 Å². The van der Waals surface area contributed by atoms with Crippen LogP contribution in [0.4, 0.5) is 4.79 Å². The molecule has 1 aromatic carbocycles. The average molecular weight is 361 g/mol. The summed E-state index contributed by atoms with van der Waals surface area (Å²) in [6.07, 6.45) is 1.38. The number of ether oxygens (including phenoxy) is 2. The lowest BCUT2D eigenvalue weighted by Gasteiger charge is -2.40. The minimum atomic E-state index is -1.44. The second-order valence-corrected chi connectivity index (χ2v) is 7.58. The van der Waals surface area contributed by atoms with Gasteiger partial charge in [-0.15, -0.1) is 0 Å². The van der Waals surface area contributed by atoms with Crippen LogP contribution in [0.3, 0.4) is 0 Å². The molecule has 2 atom stereocenters. The van der Waals surface area contributed by atoms with Gasteiger partial charge in [0.15, 0.2) is 11.2 Å². The zero-order chi connectivity index (χ0) is 19.4. The average Bonchev–Trinajstić information content (AvgIpc) is 2.59. The fourth-order valence-electron chi connectivity index (χ4n) is 3.44. The first-order chi connectivity index (χ1) is 12.2. The molecule has 142 valence electrons. The summed E-state index contributed by atoms with van der Waals surface area (Å²) >= 11 is 0. The maximum atomic E-state index is 12.9. The van der Waals surface area contributed by atoms with Gasteiger partial charge in [0.2, 0.25) is 0 Å². The van der Waals surface area contributed by atoms with Crippen LogP contribution in [0.2, 0.25) is 0 Å². The number of carbonyl (C=O) groups is 3. The van der Waals surface area contributed by atoms with E-state index < -0.39 is 29.1 Å². The Labute approximate surface area is 154 Å². The Morgan fingerprint density at radius 2 is 1.81 bits per heavy atom. The molecule has 0 bridgehead atoms. The number of hydrogen-bond donors (Lipinski definition) is 1. The minimum absolute atomic E-state index is 0.208. The van der Waals surface area contributed by atoms with Crippen molar-refractivity contribution in [2.75, 3.05) is 7.11 Å². The molecule has 0 unspecified atom stereocenters. The molecule has 1 aromatic rings. The lowest BCUT2D eigenvalue weighted by Crippen LogP contribution is -2.53. The minimum Gasteiger partial charge on any atom is -0.468 e. The van der Waals surface area contributed by atoms with Gasteiger partial charge < -0.3 is 14.8 Å². The van der Waals surface area contributed by atoms with E-state index in [2.05, 4.69) is 5.32 Å². The molecule has 0 aliphatic heterocycles. The summed E-state index contributed by atoms with van der Waals surface area (Å²) in [4.78, 5) is 38.1. The second-order valence-electron chi connectivity index (χ2n) is 7.58. The van der Waals surface area contributed by atoms with Crippen LogP contribution < -0.4 is 5.32 Å². The fourth-order valence-corrected chi connectivity index (χ4v) is 3.44. The topological polar surface area (TPSA) is 81.7 Å². The monoisotopic (exact) mass is 361 g/mol. The third-order valence-corrected chi connectivity index (χ3v) is 4.56. The summed E-state index contributed by atoms with van der Waals surface area (Å²) in [5, 5.41) is 2.76. The molecule has 6 heteroatoms. The van der Waals surface area contributed by atoms with Crippen LogP contribution >= 0.6 is 0 Å². The molecular formula is C20H27NO5. The van der Waals surface area contributed by atoms with Crippen molar-refractivity contribution in [2.45, 2.75) is 58.1 Å². The van der Waals surface area contributed by atoms with Crippen LogP contribution in [0.1, 0.15) is 58.1 Å². The molecule has 6 nitrogen and oxygen atoms in total. The van der Waals surface area contributed by atoms with Gasteiger partial charge in [0.05, 0.1) is 13.2 Å².